The number of nitrogen functional groups attached to an aromatic ring is 2. The van der Waals surface area contributed by atoms with E-state index in [1.54, 1.807) is 12.1 Å². The van der Waals surface area contributed by atoms with Crippen molar-refractivity contribution >= 4 is 21.8 Å². The lowest BCUT2D eigenvalue weighted by Crippen LogP contribution is -2.15. The molecule has 9 heteroatoms. The molecule has 0 radical (unpaired) electrons. The minimum absolute atomic E-state index is 0.527. The maximum absolute atomic E-state index is 8.74. The minimum Gasteiger partial charge on any atom is -0.486 e. The van der Waals surface area contributed by atoms with Gasteiger partial charge in [-0.25, -0.2) is 0 Å². The summed E-state index contributed by atoms with van der Waals surface area (Å²) >= 11 is 0. The smallest absolute Gasteiger partial charge is 0.394 e. The molecule has 0 aromatic heterocycles. The number of ether oxygens (including phenoxy) is 2. The highest BCUT2D eigenvalue weighted by Gasteiger charge is 2.12. The Morgan fingerprint density at radius 3 is 1.59 bits per heavy atom. The predicted molar refractivity (Wildman–Crippen MR) is 60.4 cm³/mol. The average Bonchev–Trinajstić information content (AvgIpc) is 2.17. The second-order valence-corrected chi connectivity index (χ2v) is 3.97. The van der Waals surface area contributed by atoms with Crippen molar-refractivity contribution in [3.63, 3.8) is 0 Å². The molecule has 2 rings (SSSR count). The fourth-order valence-corrected chi connectivity index (χ4v) is 1.12. The van der Waals surface area contributed by atoms with Crippen LogP contribution in [0.3, 0.4) is 0 Å². The van der Waals surface area contributed by atoms with Crippen LogP contribution in [0.2, 0.25) is 0 Å². The van der Waals surface area contributed by atoms with Crippen LogP contribution in [0.15, 0.2) is 12.1 Å². The zero-order valence-corrected chi connectivity index (χ0v) is 9.48. The second kappa shape index (κ2) is 5.08. The van der Waals surface area contributed by atoms with E-state index in [-0.39, 0.29) is 0 Å². The molecule has 0 aliphatic carbocycles. The molecule has 0 fully saturated rings. The highest BCUT2D eigenvalue weighted by Crippen LogP contribution is 2.35. The van der Waals surface area contributed by atoms with Crippen molar-refractivity contribution in [3.8, 4) is 11.5 Å². The third kappa shape index (κ3) is 4.76. The first-order chi connectivity index (χ1) is 7.77. The molecule has 1 heterocycles. The Bertz CT molecular complexity index is 462. The largest absolute Gasteiger partial charge is 0.486 e. The molecular formula is C8H12N2O6S. The molecule has 96 valence electrons. The Labute approximate surface area is 97.7 Å². The lowest BCUT2D eigenvalue weighted by molar-refractivity contribution is 0.172. The summed E-state index contributed by atoms with van der Waals surface area (Å²) in [5, 5.41) is 0. The molecule has 1 aromatic carbocycles. The van der Waals surface area contributed by atoms with Gasteiger partial charge in [-0.15, -0.1) is 0 Å². The SMILES string of the molecule is Nc1cc2c(cc1N)OCCO2.O=S(=O)(O)O. The van der Waals surface area contributed by atoms with Crippen LogP contribution in [0.4, 0.5) is 11.4 Å². The van der Waals surface area contributed by atoms with E-state index in [0.717, 1.165) is 0 Å². The van der Waals surface area contributed by atoms with Crippen molar-refractivity contribution in [1.29, 1.82) is 0 Å². The summed E-state index contributed by atoms with van der Waals surface area (Å²) in [6.07, 6.45) is 0. The lowest BCUT2D eigenvalue weighted by atomic mass is 10.2. The predicted octanol–water partition coefficient (Wildman–Crippen LogP) is -0.0306. The van der Waals surface area contributed by atoms with Crippen molar-refractivity contribution in [1.82, 2.24) is 0 Å². The number of benzene rings is 1. The molecule has 1 aromatic rings. The first-order valence-electron chi connectivity index (χ1n) is 4.42. The normalized spacial score (nSPS) is 13.5. The molecular weight excluding hydrogens is 252 g/mol. The number of rotatable bonds is 0. The molecule has 17 heavy (non-hydrogen) atoms. The Balaban J connectivity index is 0.000000249. The second-order valence-electron chi connectivity index (χ2n) is 3.07. The Morgan fingerprint density at radius 2 is 1.29 bits per heavy atom. The molecule has 6 N–H and O–H groups in total. The molecule has 0 saturated carbocycles. The summed E-state index contributed by atoms with van der Waals surface area (Å²) in [7, 11) is -4.67. The zero-order valence-electron chi connectivity index (χ0n) is 8.66. The molecule has 0 atom stereocenters. The molecule has 8 nitrogen and oxygen atoms in total. The van der Waals surface area contributed by atoms with Crippen LogP contribution in [0, 0.1) is 0 Å². The molecule has 1 aliphatic heterocycles. The van der Waals surface area contributed by atoms with E-state index in [1.807, 2.05) is 0 Å². The number of hydrogen-bond donors (Lipinski definition) is 4. The van der Waals surface area contributed by atoms with Gasteiger partial charge in [0, 0.05) is 12.1 Å². The Kier molecular flexibility index (Phi) is 3.99. The van der Waals surface area contributed by atoms with Gasteiger partial charge in [-0.2, -0.15) is 8.42 Å². The van der Waals surface area contributed by atoms with Gasteiger partial charge in [-0.3, -0.25) is 9.11 Å². The van der Waals surface area contributed by atoms with Crippen LogP contribution in [0.25, 0.3) is 0 Å². The van der Waals surface area contributed by atoms with E-state index >= 15 is 0 Å². The van der Waals surface area contributed by atoms with Gasteiger partial charge in [0.25, 0.3) is 0 Å². The van der Waals surface area contributed by atoms with Gasteiger partial charge >= 0.3 is 10.4 Å². The molecule has 0 saturated heterocycles. The summed E-state index contributed by atoms with van der Waals surface area (Å²) < 4.78 is 42.2. The van der Waals surface area contributed by atoms with Crippen LogP contribution in [-0.4, -0.2) is 30.7 Å². The number of anilines is 2. The van der Waals surface area contributed by atoms with Crippen LogP contribution in [0.1, 0.15) is 0 Å². The molecule has 0 unspecified atom stereocenters. The van der Waals surface area contributed by atoms with E-state index in [0.29, 0.717) is 36.1 Å². The first kappa shape index (κ1) is 13.4. The fraction of sp³-hybridized carbons (Fsp3) is 0.250. The van der Waals surface area contributed by atoms with Crippen molar-refractivity contribution in [2.24, 2.45) is 0 Å². The standard InChI is InChI=1S/C8H10N2O2.H2O4S/c9-5-3-7-8(4-6(5)10)12-2-1-11-7;1-5(2,3)4/h3-4H,1-2,9-10H2;(H2,1,2,3,4). The molecule has 1 aliphatic rings. The van der Waals surface area contributed by atoms with E-state index in [4.69, 9.17) is 38.5 Å². The summed E-state index contributed by atoms with van der Waals surface area (Å²) in [5.74, 6) is 1.35. The van der Waals surface area contributed by atoms with Crippen LogP contribution >= 0.6 is 0 Å². The Morgan fingerprint density at radius 1 is 1.00 bits per heavy atom. The third-order valence-electron chi connectivity index (χ3n) is 1.75. The monoisotopic (exact) mass is 264 g/mol. The number of hydrogen-bond acceptors (Lipinski definition) is 6. The van der Waals surface area contributed by atoms with Gasteiger partial charge < -0.3 is 20.9 Å². The lowest BCUT2D eigenvalue weighted by Gasteiger charge is -2.19. The van der Waals surface area contributed by atoms with E-state index in [2.05, 4.69) is 0 Å². The van der Waals surface area contributed by atoms with Crippen LogP contribution in [0.5, 0.6) is 11.5 Å². The average molecular weight is 264 g/mol. The molecule has 0 amide bonds. The number of fused-ring (bicyclic) bond motifs is 1. The van der Waals surface area contributed by atoms with E-state index < -0.39 is 10.4 Å². The quantitative estimate of drug-likeness (QED) is 0.377. The summed E-state index contributed by atoms with van der Waals surface area (Å²) in [6.45, 7) is 1.13. The van der Waals surface area contributed by atoms with Crippen molar-refractivity contribution < 1.29 is 27.0 Å². The van der Waals surface area contributed by atoms with Gasteiger partial charge in [0.05, 0.1) is 11.4 Å². The topological polar surface area (TPSA) is 145 Å². The van der Waals surface area contributed by atoms with Crippen molar-refractivity contribution in [2.45, 2.75) is 0 Å². The fourth-order valence-electron chi connectivity index (χ4n) is 1.12. The van der Waals surface area contributed by atoms with Crippen molar-refractivity contribution in [3.05, 3.63) is 12.1 Å². The Hall–Kier alpha value is -1.71. The molecule has 0 bridgehead atoms. The number of nitrogens with two attached hydrogens (primary N) is 2. The molecule has 0 spiro atoms. The van der Waals surface area contributed by atoms with Gasteiger partial charge in [0.15, 0.2) is 11.5 Å². The summed E-state index contributed by atoms with van der Waals surface area (Å²) in [5.41, 5.74) is 12.2. The van der Waals surface area contributed by atoms with Gasteiger partial charge in [0.2, 0.25) is 0 Å². The van der Waals surface area contributed by atoms with Crippen LogP contribution in [-0.2, 0) is 10.4 Å². The summed E-state index contributed by atoms with van der Waals surface area (Å²) in [4.78, 5) is 0. The highest BCUT2D eigenvalue weighted by molar-refractivity contribution is 7.79. The van der Waals surface area contributed by atoms with Gasteiger partial charge in [-0.05, 0) is 0 Å². The van der Waals surface area contributed by atoms with E-state index in [1.165, 1.54) is 0 Å². The van der Waals surface area contributed by atoms with E-state index in [9.17, 15) is 0 Å². The maximum Gasteiger partial charge on any atom is 0.394 e. The van der Waals surface area contributed by atoms with Gasteiger partial charge in [-0.1, -0.05) is 0 Å². The third-order valence-corrected chi connectivity index (χ3v) is 1.75. The van der Waals surface area contributed by atoms with Gasteiger partial charge in [0.1, 0.15) is 13.2 Å². The van der Waals surface area contributed by atoms with Crippen LogP contribution < -0.4 is 20.9 Å². The maximum atomic E-state index is 8.74. The zero-order chi connectivity index (χ0) is 13.1. The summed E-state index contributed by atoms with van der Waals surface area (Å²) in [6, 6.07) is 3.37. The first-order valence-corrected chi connectivity index (χ1v) is 5.81. The highest BCUT2D eigenvalue weighted by atomic mass is 32.3. The van der Waals surface area contributed by atoms with Crippen molar-refractivity contribution in [2.75, 3.05) is 24.7 Å². The minimum atomic E-state index is -4.67.